The Balaban J connectivity index is 2.07. The zero-order chi connectivity index (χ0) is 15.5. The molecule has 0 saturated carbocycles. The molecule has 112 valence electrons. The highest BCUT2D eigenvalue weighted by atomic mass is 32.2. The molecule has 0 spiro atoms. The second-order valence-electron chi connectivity index (χ2n) is 6.26. The lowest BCUT2D eigenvalue weighted by Crippen LogP contribution is -2.35. The minimum Gasteiger partial charge on any atom is -0.308 e. The monoisotopic (exact) mass is 303 g/mol. The summed E-state index contributed by atoms with van der Waals surface area (Å²) in [6.07, 6.45) is 0. The average molecular weight is 303 g/mol. The normalized spacial score (nSPS) is 11.7. The lowest BCUT2D eigenvalue weighted by molar-refractivity contribution is 0.424. The molecule has 0 saturated heterocycles. The molecule has 0 amide bonds. The zero-order valence-corrected chi connectivity index (χ0v) is 13.9. The highest BCUT2D eigenvalue weighted by molar-refractivity contribution is 7.99. The number of aryl methyl sites for hydroxylation is 1. The van der Waals surface area contributed by atoms with Crippen molar-refractivity contribution in [3.05, 3.63) is 59.4 Å². The number of hydrogen-bond donors (Lipinski definition) is 1. The Morgan fingerprint density at radius 3 is 2.29 bits per heavy atom. The van der Waals surface area contributed by atoms with Crippen molar-refractivity contribution in [1.82, 2.24) is 5.32 Å². The van der Waals surface area contributed by atoms with Crippen molar-refractivity contribution in [2.45, 2.75) is 49.6 Å². The SMILES string of the molecule is Cc1cc(CNC(C)(C)C)ccc1Sc1ccc(F)cc1. The third-order valence-electron chi connectivity index (χ3n) is 3.10. The Hall–Kier alpha value is -1.32. The number of benzene rings is 2. The molecule has 0 aliphatic carbocycles. The van der Waals surface area contributed by atoms with E-state index >= 15 is 0 Å². The fraction of sp³-hybridized carbons (Fsp3) is 0.333. The number of halogens is 1. The molecule has 0 unspecified atom stereocenters. The van der Waals surface area contributed by atoms with Gasteiger partial charge in [-0.15, -0.1) is 0 Å². The van der Waals surface area contributed by atoms with Gasteiger partial charge in [-0.3, -0.25) is 0 Å². The first kappa shape index (κ1) is 16.1. The second kappa shape index (κ2) is 6.63. The molecule has 0 aliphatic rings. The Kier molecular flexibility index (Phi) is 5.07. The standard InChI is InChI=1S/C18H22FNS/c1-13-11-14(12-20-18(2,3)4)5-10-17(13)21-16-8-6-15(19)7-9-16/h5-11,20H,12H2,1-4H3. The molecule has 0 bridgehead atoms. The molecule has 1 nitrogen and oxygen atoms in total. The minimum atomic E-state index is -0.195. The van der Waals surface area contributed by atoms with E-state index in [0.717, 1.165) is 11.4 Å². The molecule has 0 aliphatic heterocycles. The van der Waals surface area contributed by atoms with Gasteiger partial charge < -0.3 is 5.32 Å². The van der Waals surface area contributed by atoms with Crippen molar-refractivity contribution in [2.24, 2.45) is 0 Å². The molecule has 0 heterocycles. The van der Waals surface area contributed by atoms with Crippen molar-refractivity contribution in [1.29, 1.82) is 0 Å². The molecular formula is C18H22FNS. The predicted octanol–water partition coefficient (Wildman–Crippen LogP) is 5.17. The van der Waals surface area contributed by atoms with Gasteiger partial charge in [-0.05, 0) is 69.2 Å². The fourth-order valence-corrected chi connectivity index (χ4v) is 2.81. The van der Waals surface area contributed by atoms with E-state index in [1.165, 1.54) is 28.2 Å². The maximum Gasteiger partial charge on any atom is 0.123 e. The number of rotatable bonds is 4. The van der Waals surface area contributed by atoms with Gasteiger partial charge in [0, 0.05) is 21.9 Å². The highest BCUT2D eigenvalue weighted by Gasteiger charge is 2.09. The van der Waals surface area contributed by atoms with Crippen molar-refractivity contribution >= 4 is 11.8 Å². The molecule has 2 aromatic carbocycles. The van der Waals surface area contributed by atoms with Gasteiger partial charge in [-0.25, -0.2) is 4.39 Å². The first-order valence-corrected chi connectivity index (χ1v) is 7.93. The van der Waals surface area contributed by atoms with Crippen molar-refractivity contribution in [3.63, 3.8) is 0 Å². The van der Waals surface area contributed by atoms with Crippen LogP contribution in [0.25, 0.3) is 0 Å². The average Bonchev–Trinajstić information content (AvgIpc) is 2.41. The molecule has 21 heavy (non-hydrogen) atoms. The zero-order valence-electron chi connectivity index (χ0n) is 13.0. The molecule has 1 N–H and O–H groups in total. The lowest BCUT2D eigenvalue weighted by Gasteiger charge is -2.21. The van der Waals surface area contributed by atoms with Crippen LogP contribution in [0.3, 0.4) is 0 Å². The molecule has 3 heteroatoms. The summed E-state index contributed by atoms with van der Waals surface area (Å²) >= 11 is 1.67. The first-order valence-electron chi connectivity index (χ1n) is 7.11. The summed E-state index contributed by atoms with van der Waals surface area (Å²) in [5.41, 5.74) is 2.65. The summed E-state index contributed by atoms with van der Waals surface area (Å²) in [4.78, 5) is 2.26. The van der Waals surface area contributed by atoms with Crippen LogP contribution in [0.2, 0.25) is 0 Å². The maximum absolute atomic E-state index is 12.9. The Morgan fingerprint density at radius 1 is 1.05 bits per heavy atom. The van der Waals surface area contributed by atoms with Crippen LogP contribution in [-0.2, 0) is 6.54 Å². The fourth-order valence-electron chi connectivity index (χ4n) is 1.93. The van der Waals surface area contributed by atoms with Gasteiger partial charge in [-0.2, -0.15) is 0 Å². The maximum atomic E-state index is 12.9. The van der Waals surface area contributed by atoms with E-state index in [2.05, 4.69) is 51.2 Å². The predicted molar refractivity (Wildman–Crippen MR) is 88.3 cm³/mol. The minimum absolute atomic E-state index is 0.120. The first-order chi connectivity index (χ1) is 9.83. The van der Waals surface area contributed by atoms with Gasteiger partial charge in [0.05, 0.1) is 0 Å². The van der Waals surface area contributed by atoms with Crippen molar-refractivity contribution in [2.75, 3.05) is 0 Å². The number of nitrogens with one attached hydrogen (secondary N) is 1. The van der Waals surface area contributed by atoms with E-state index in [9.17, 15) is 4.39 Å². The summed E-state index contributed by atoms with van der Waals surface area (Å²) in [5.74, 6) is -0.195. The number of hydrogen-bond acceptors (Lipinski definition) is 2. The van der Waals surface area contributed by atoms with Crippen LogP contribution in [0.4, 0.5) is 4.39 Å². The molecule has 0 radical (unpaired) electrons. The van der Waals surface area contributed by atoms with Crippen LogP contribution >= 0.6 is 11.8 Å². The van der Waals surface area contributed by atoms with Crippen LogP contribution in [0, 0.1) is 12.7 Å². The van der Waals surface area contributed by atoms with Gasteiger partial charge in [0.25, 0.3) is 0 Å². The Bertz CT molecular complexity index is 600. The van der Waals surface area contributed by atoms with Crippen LogP contribution < -0.4 is 5.32 Å². The smallest absolute Gasteiger partial charge is 0.123 e. The molecule has 0 fully saturated rings. The molecule has 0 aromatic heterocycles. The van der Waals surface area contributed by atoms with Crippen molar-refractivity contribution in [3.8, 4) is 0 Å². The van der Waals surface area contributed by atoms with Gasteiger partial charge in [0.15, 0.2) is 0 Å². The summed E-state index contributed by atoms with van der Waals surface area (Å²) in [6, 6.07) is 13.1. The molecular weight excluding hydrogens is 281 g/mol. The lowest BCUT2D eigenvalue weighted by atomic mass is 10.1. The van der Waals surface area contributed by atoms with Gasteiger partial charge >= 0.3 is 0 Å². The Labute approximate surface area is 131 Å². The van der Waals surface area contributed by atoms with Gasteiger partial charge in [-0.1, -0.05) is 23.9 Å². The third kappa shape index (κ3) is 5.18. The Morgan fingerprint density at radius 2 is 1.71 bits per heavy atom. The summed E-state index contributed by atoms with van der Waals surface area (Å²) in [5, 5.41) is 3.49. The van der Waals surface area contributed by atoms with Crippen LogP contribution in [0.5, 0.6) is 0 Å². The molecule has 2 aromatic rings. The second-order valence-corrected chi connectivity index (χ2v) is 7.37. The summed E-state index contributed by atoms with van der Waals surface area (Å²) in [7, 11) is 0. The van der Waals surface area contributed by atoms with Gasteiger partial charge in [0.2, 0.25) is 0 Å². The third-order valence-corrected chi connectivity index (χ3v) is 4.29. The van der Waals surface area contributed by atoms with E-state index in [-0.39, 0.29) is 11.4 Å². The largest absolute Gasteiger partial charge is 0.308 e. The van der Waals surface area contributed by atoms with E-state index in [1.807, 2.05) is 12.1 Å². The van der Waals surface area contributed by atoms with Crippen LogP contribution in [0.1, 0.15) is 31.9 Å². The quantitative estimate of drug-likeness (QED) is 0.836. The topological polar surface area (TPSA) is 12.0 Å². The highest BCUT2D eigenvalue weighted by Crippen LogP contribution is 2.30. The van der Waals surface area contributed by atoms with Crippen molar-refractivity contribution < 1.29 is 4.39 Å². The van der Waals surface area contributed by atoms with E-state index in [4.69, 9.17) is 0 Å². The van der Waals surface area contributed by atoms with E-state index in [1.54, 1.807) is 11.8 Å². The van der Waals surface area contributed by atoms with Crippen LogP contribution in [-0.4, -0.2) is 5.54 Å². The molecule has 2 rings (SSSR count). The summed E-state index contributed by atoms with van der Waals surface area (Å²) in [6.45, 7) is 9.48. The summed E-state index contributed by atoms with van der Waals surface area (Å²) < 4.78 is 12.9. The van der Waals surface area contributed by atoms with E-state index < -0.39 is 0 Å². The van der Waals surface area contributed by atoms with Crippen LogP contribution in [0.15, 0.2) is 52.3 Å². The molecule has 0 atom stereocenters. The van der Waals surface area contributed by atoms with Gasteiger partial charge in [0.1, 0.15) is 5.82 Å². The van der Waals surface area contributed by atoms with E-state index in [0.29, 0.717) is 0 Å².